The van der Waals surface area contributed by atoms with Crippen molar-refractivity contribution in [2.45, 2.75) is 32.7 Å². The fourth-order valence-electron chi connectivity index (χ4n) is 1.62. The maximum Gasteiger partial charge on any atom is 0.214 e. The number of hydrogen-bond donors (Lipinski definition) is 0. The highest BCUT2D eigenvalue weighted by molar-refractivity contribution is 5.99. The lowest BCUT2D eigenvalue weighted by atomic mass is 9.99. The second kappa shape index (κ2) is 6.69. The van der Waals surface area contributed by atoms with Crippen LogP contribution in [0.3, 0.4) is 0 Å². The number of benzene rings is 1. The van der Waals surface area contributed by atoms with Gasteiger partial charge in [-0.15, -0.1) is 0 Å². The highest BCUT2D eigenvalue weighted by Gasteiger charge is 2.18. The molecule has 4 nitrogen and oxygen atoms in total. The van der Waals surface area contributed by atoms with Crippen molar-refractivity contribution in [2.75, 3.05) is 0 Å². The summed E-state index contributed by atoms with van der Waals surface area (Å²) >= 11 is 0. The van der Waals surface area contributed by atoms with E-state index < -0.39 is 6.04 Å². The van der Waals surface area contributed by atoms with E-state index in [1.807, 2.05) is 30.3 Å². The van der Waals surface area contributed by atoms with E-state index in [-0.39, 0.29) is 17.1 Å². The van der Waals surface area contributed by atoms with Crippen molar-refractivity contribution in [3.05, 3.63) is 51.6 Å². The molecular formula is C14H17NO3. The molecule has 4 heteroatoms. The van der Waals surface area contributed by atoms with Crippen molar-refractivity contribution in [3.63, 3.8) is 0 Å². The second-order valence-corrected chi connectivity index (χ2v) is 4.20. The number of carbonyl (C=O) groups is 1. The minimum Gasteiger partial charge on any atom is -0.295 e. The van der Waals surface area contributed by atoms with Gasteiger partial charge < -0.3 is 0 Å². The Morgan fingerprint density at radius 1 is 1.39 bits per heavy atom. The van der Waals surface area contributed by atoms with Gasteiger partial charge in [0, 0.05) is 30.3 Å². The molecule has 0 amide bonds. The molecular weight excluding hydrogens is 230 g/mol. The smallest absolute Gasteiger partial charge is 0.214 e. The Kier molecular flexibility index (Phi) is 5.24. The van der Waals surface area contributed by atoms with E-state index >= 15 is 0 Å². The van der Waals surface area contributed by atoms with Gasteiger partial charge in [0.25, 0.3) is 0 Å². The van der Waals surface area contributed by atoms with Crippen LogP contribution in [0.4, 0.5) is 0 Å². The number of Topliss-reactive ketones (excluding diaryl/α,β-unsaturated/α-hetero) is 1. The summed E-state index contributed by atoms with van der Waals surface area (Å²) in [4.78, 5) is 22.1. The van der Waals surface area contributed by atoms with Crippen molar-refractivity contribution < 1.29 is 9.72 Å². The maximum atomic E-state index is 11.8. The first-order valence-electron chi connectivity index (χ1n) is 5.97. The number of hydrogen-bond acceptors (Lipinski definition) is 3. The van der Waals surface area contributed by atoms with E-state index in [4.69, 9.17) is 0 Å². The van der Waals surface area contributed by atoms with Crippen molar-refractivity contribution >= 4 is 11.9 Å². The van der Waals surface area contributed by atoms with E-state index in [9.17, 15) is 14.9 Å². The monoisotopic (exact) mass is 247 g/mol. The van der Waals surface area contributed by atoms with Gasteiger partial charge in [-0.3, -0.25) is 14.9 Å². The van der Waals surface area contributed by atoms with Gasteiger partial charge in [0.15, 0.2) is 5.78 Å². The lowest BCUT2D eigenvalue weighted by molar-refractivity contribution is -0.517. The molecule has 1 atom stereocenters. The summed E-state index contributed by atoms with van der Waals surface area (Å²) in [6.45, 7) is 3.28. The van der Waals surface area contributed by atoms with Crippen LogP contribution in [0.25, 0.3) is 6.08 Å². The highest BCUT2D eigenvalue weighted by Crippen LogP contribution is 2.15. The van der Waals surface area contributed by atoms with Gasteiger partial charge in [-0.25, -0.2) is 0 Å². The first-order chi connectivity index (χ1) is 8.54. The molecule has 1 unspecified atom stereocenters. The third kappa shape index (κ3) is 4.13. The summed E-state index contributed by atoms with van der Waals surface area (Å²) in [6.07, 6.45) is 2.28. The molecule has 0 saturated heterocycles. The Hall–Kier alpha value is -1.97. The molecule has 0 aliphatic rings. The van der Waals surface area contributed by atoms with Crippen LogP contribution in [0.5, 0.6) is 0 Å². The zero-order valence-electron chi connectivity index (χ0n) is 10.6. The number of ketones is 1. The van der Waals surface area contributed by atoms with Crippen LogP contribution in [0.15, 0.2) is 35.9 Å². The first kappa shape index (κ1) is 14.1. The summed E-state index contributed by atoms with van der Waals surface area (Å²) in [6, 6.07) is 8.64. The Bertz CT molecular complexity index is 451. The molecule has 0 bridgehead atoms. The van der Waals surface area contributed by atoms with Crippen molar-refractivity contribution in [1.29, 1.82) is 0 Å². The second-order valence-electron chi connectivity index (χ2n) is 4.20. The third-order valence-corrected chi connectivity index (χ3v) is 2.69. The van der Waals surface area contributed by atoms with Crippen molar-refractivity contribution in [1.82, 2.24) is 0 Å². The lowest BCUT2D eigenvalue weighted by Crippen LogP contribution is -2.18. The minimum absolute atomic E-state index is 0.0347. The van der Waals surface area contributed by atoms with E-state index in [2.05, 4.69) is 0 Å². The number of carbonyl (C=O) groups excluding carboxylic acids is 1. The molecule has 0 radical (unpaired) electrons. The molecule has 0 saturated carbocycles. The first-order valence-corrected chi connectivity index (χ1v) is 5.97. The van der Waals surface area contributed by atoms with E-state index in [0.717, 1.165) is 5.56 Å². The van der Waals surface area contributed by atoms with Crippen LogP contribution in [-0.4, -0.2) is 16.7 Å². The Morgan fingerprint density at radius 2 is 2.00 bits per heavy atom. The molecule has 0 spiro atoms. The van der Waals surface area contributed by atoms with Gasteiger partial charge in [-0.1, -0.05) is 37.3 Å². The van der Waals surface area contributed by atoms with Crippen LogP contribution in [0.2, 0.25) is 0 Å². The summed E-state index contributed by atoms with van der Waals surface area (Å²) in [7, 11) is 0. The van der Waals surface area contributed by atoms with Gasteiger partial charge in [0.2, 0.25) is 6.04 Å². The molecule has 1 rings (SSSR count). The fourth-order valence-corrected chi connectivity index (χ4v) is 1.62. The summed E-state index contributed by atoms with van der Waals surface area (Å²) in [5.74, 6) is -0.0347. The van der Waals surface area contributed by atoms with E-state index in [1.54, 1.807) is 13.0 Å². The van der Waals surface area contributed by atoms with Gasteiger partial charge in [-0.2, -0.15) is 0 Å². The molecule has 18 heavy (non-hydrogen) atoms. The molecule has 0 aliphatic heterocycles. The van der Waals surface area contributed by atoms with Crippen molar-refractivity contribution in [3.8, 4) is 0 Å². The molecule has 0 heterocycles. The SMILES string of the molecule is CCC(=O)/C(=C\c1ccccc1)CC(C)[N+](=O)[O-]. The van der Waals surface area contributed by atoms with Crippen LogP contribution in [0.1, 0.15) is 32.3 Å². The summed E-state index contributed by atoms with van der Waals surface area (Å²) < 4.78 is 0. The number of nitro groups is 1. The fraction of sp³-hybridized carbons (Fsp3) is 0.357. The lowest BCUT2D eigenvalue weighted by Gasteiger charge is -2.07. The molecule has 1 aromatic rings. The average molecular weight is 247 g/mol. The molecule has 1 aromatic carbocycles. The summed E-state index contributed by atoms with van der Waals surface area (Å²) in [5, 5.41) is 10.7. The van der Waals surface area contributed by atoms with Gasteiger partial charge in [-0.05, 0) is 11.6 Å². The van der Waals surface area contributed by atoms with E-state index in [1.165, 1.54) is 6.92 Å². The van der Waals surface area contributed by atoms with Crippen LogP contribution >= 0.6 is 0 Å². The van der Waals surface area contributed by atoms with Gasteiger partial charge in [0.1, 0.15) is 0 Å². The zero-order valence-corrected chi connectivity index (χ0v) is 10.6. The maximum absolute atomic E-state index is 11.8. The number of nitrogens with zero attached hydrogens (tertiary/aromatic N) is 1. The predicted molar refractivity (Wildman–Crippen MR) is 70.8 cm³/mol. The zero-order chi connectivity index (χ0) is 13.5. The minimum atomic E-state index is -0.740. The standard InChI is InChI=1S/C14H17NO3/c1-3-14(16)13(9-11(2)15(17)18)10-12-7-5-4-6-8-12/h4-8,10-11H,3,9H2,1-2H3/b13-10-. The van der Waals surface area contributed by atoms with Gasteiger partial charge >= 0.3 is 0 Å². The van der Waals surface area contributed by atoms with Crippen LogP contribution in [-0.2, 0) is 4.79 Å². The normalized spacial score (nSPS) is 13.1. The topological polar surface area (TPSA) is 60.2 Å². The highest BCUT2D eigenvalue weighted by atomic mass is 16.6. The predicted octanol–water partition coefficient (Wildman–Crippen LogP) is 3.10. The largest absolute Gasteiger partial charge is 0.295 e. The molecule has 0 N–H and O–H groups in total. The quantitative estimate of drug-likeness (QED) is 0.441. The molecule has 0 aliphatic carbocycles. The van der Waals surface area contributed by atoms with Crippen LogP contribution < -0.4 is 0 Å². The average Bonchev–Trinajstić information content (AvgIpc) is 2.38. The third-order valence-electron chi connectivity index (χ3n) is 2.69. The molecule has 96 valence electrons. The van der Waals surface area contributed by atoms with Gasteiger partial charge in [0.05, 0.1) is 0 Å². The molecule has 0 aromatic heterocycles. The Balaban J connectivity index is 2.95. The Labute approximate surface area is 106 Å². The molecule has 0 fully saturated rings. The Morgan fingerprint density at radius 3 is 2.50 bits per heavy atom. The number of rotatable bonds is 6. The van der Waals surface area contributed by atoms with Crippen LogP contribution in [0, 0.1) is 10.1 Å². The summed E-state index contributed by atoms with van der Waals surface area (Å²) in [5.41, 5.74) is 1.41. The van der Waals surface area contributed by atoms with Crippen molar-refractivity contribution in [2.24, 2.45) is 0 Å². The van der Waals surface area contributed by atoms with E-state index in [0.29, 0.717) is 12.0 Å².